The van der Waals surface area contributed by atoms with Crippen LogP contribution in [-0.2, 0) is 11.2 Å². The molecular weight excluding hydrogens is 246 g/mol. The Balaban J connectivity index is 2.00. The van der Waals surface area contributed by atoms with Gasteiger partial charge in [0.25, 0.3) is 0 Å². The lowest BCUT2D eigenvalue weighted by atomic mass is 10.1. The smallest absolute Gasteiger partial charge is 0.230 e. The monoisotopic (exact) mass is 261 g/mol. The molecule has 94 valence electrons. The van der Waals surface area contributed by atoms with Gasteiger partial charge in [-0.2, -0.15) is 0 Å². The molecule has 2 rings (SSSR count). The fourth-order valence-electron chi connectivity index (χ4n) is 1.59. The summed E-state index contributed by atoms with van der Waals surface area (Å²) in [6.07, 6.45) is 0.251. The normalized spacial score (nSPS) is 10.3. The third kappa shape index (κ3) is 3.07. The summed E-state index contributed by atoms with van der Waals surface area (Å²) in [5, 5.41) is 5.14. The van der Waals surface area contributed by atoms with Crippen LogP contribution in [0.15, 0.2) is 23.6 Å². The molecule has 4 nitrogen and oxygen atoms in total. The van der Waals surface area contributed by atoms with E-state index in [1.807, 2.05) is 32.0 Å². The highest BCUT2D eigenvalue weighted by Gasteiger charge is 2.07. The number of aromatic nitrogens is 1. The van der Waals surface area contributed by atoms with Crippen molar-refractivity contribution < 1.29 is 4.79 Å². The third-order valence-corrected chi connectivity index (χ3v) is 3.42. The maximum absolute atomic E-state index is 11.8. The zero-order valence-corrected chi connectivity index (χ0v) is 11.2. The van der Waals surface area contributed by atoms with Gasteiger partial charge >= 0.3 is 0 Å². The second-order valence-corrected chi connectivity index (χ2v) is 5.09. The van der Waals surface area contributed by atoms with Gasteiger partial charge in [-0.25, -0.2) is 4.98 Å². The predicted molar refractivity (Wildman–Crippen MR) is 74.8 cm³/mol. The van der Waals surface area contributed by atoms with E-state index in [9.17, 15) is 4.79 Å². The summed E-state index contributed by atoms with van der Waals surface area (Å²) in [4.78, 5) is 15.9. The Labute approximate surface area is 110 Å². The average molecular weight is 261 g/mol. The van der Waals surface area contributed by atoms with E-state index in [2.05, 4.69) is 10.3 Å². The lowest BCUT2D eigenvalue weighted by molar-refractivity contribution is -0.115. The number of rotatable bonds is 3. The minimum absolute atomic E-state index is 0.0800. The summed E-state index contributed by atoms with van der Waals surface area (Å²) in [6, 6.07) is 5.85. The minimum Gasteiger partial charge on any atom is -0.375 e. The maximum Gasteiger partial charge on any atom is 0.230 e. The summed E-state index contributed by atoms with van der Waals surface area (Å²) in [5.74, 6) is -0.0800. The average Bonchev–Trinajstić information content (AvgIpc) is 2.69. The molecule has 1 heterocycles. The lowest BCUT2D eigenvalue weighted by Gasteiger charge is -2.06. The zero-order valence-electron chi connectivity index (χ0n) is 10.4. The highest BCUT2D eigenvalue weighted by Crippen LogP contribution is 2.15. The summed E-state index contributed by atoms with van der Waals surface area (Å²) in [5.41, 5.74) is 9.40. The van der Waals surface area contributed by atoms with Gasteiger partial charge in [0.2, 0.25) is 5.91 Å². The number of nitrogen functional groups attached to an aromatic ring is 1. The van der Waals surface area contributed by atoms with E-state index in [1.165, 1.54) is 16.9 Å². The second kappa shape index (κ2) is 5.18. The number of amides is 1. The van der Waals surface area contributed by atoms with E-state index in [1.54, 1.807) is 5.38 Å². The van der Waals surface area contributed by atoms with Crippen molar-refractivity contribution in [2.75, 3.05) is 11.1 Å². The number of hydrogen-bond acceptors (Lipinski definition) is 4. The van der Waals surface area contributed by atoms with Crippen molar-refractivity contribution in [1.82, 2.24) is 4.98 Å². The molecule has 18 heavy (non-hydrogen) atoms. The van der Waals surface area contributed by atoms with Crippen molar-refractivity contribution in [2.45, 2.75) is 20.3 Å². The SMILES string of the molecule is Cc1ccc(NC(=O)Cc2csc(N)n2)cc1C. The summed E-state index contributed by atoms with van der Waals surface area (Å²) in [6.45, 7) is 4.06. The Morgan fingerprint density at radius 2 is 2.17 bits per heavy atom. The highest BCUT2D eigenvalue weighted by molar-refractivity contribution is 7.13. The van der Waals surface area contributed by atoms with Crippen LogP contribution in [0.3, 0.4) is 0 Å². The topological polar surface area (TPSA) is 68.0 Å². The number of anilines is 2. The molecule has 0 radical (unpaired) electrons. The van der Waals surface area contributed by atoms with Crippen LogP contribution in [0.4, 0.5) is 10.8 Å². The molecule has 1 aromatic heterocycles. The number of hydrogen-bond donors (Lipinski definition) is 2. The summed E-state index contributed by atoms with van der Waals surface area (Å²) >= 11 is 1.34. The van der Waals surface area contributed by atoms with E-state index >= 15 is 0 Å². The Morgan fingerprint density at radius 3 is 2.78 bits per heavy atom. The molecule has 0 aliphatic heterocycles. The van der Waals surface area contributed by atoms with Crippen LogP contribution in [0.1, 0.15) is 16.8 Å². The van der Waals surface area contributed by atoms with E-state index < -0.39 is 0 Å². The largest absolute Gasteiger partial charge is 0.375 e. The highest BCUT2D eigenvalue weighted by atomic mass is 32.1. The van der Waals surface area contributed by atoms with Crippen molar-refractivity contribution in [1.29, 1.82) is 0 Å². The van der Waals surface area contributed by atoms with Crippen LogP contribution in [0.5, 0.6) is 0 Å². The van der Waals surface area contributed by atoms with Gasteiger partial charge < -0.3 is 11.1 Å². The molecule has 0 saturated carbocycles. The molecule has 0 saturated heterocycles. The van der Waals surface area contributed by atoms with Gasteiger partial charge in [-0.3, -0.25) is 4.79 Å². The fraction of sp³-hybridized carbons (Fsp3) is 0.231. The van der Waals surface area contributed by atoms with Crippen LogP contribution >= 0.6 is 11.3 Å². The molecule has 0 fully saturated rings. The predicted octanol–water partition coefficient (Wildman–Crippen LogP) is 2.52. The van der Waals surface area contributed by atoms with E-state index in [0.29, 0.717) is 10.8 Å². The van der Waals surface area contributed by atoms with Gasteiger partial charge in [-0.05, 0) is 37.1 Å². The van der Waals surface area contributed by atoms with Gasteiger partial charge in [0.05, 0.1) is 12.1 Å². The van der Waals surface area contributed by atoms with Crippen LogP contribution in [-0.4, -0.2) is 10.9 Å². The van der Waals surface area contributed by atoms with E-state index in [-0.39, 0.29) is 12.3 Å². The number of aryl methyl sites for hydroxylation is 2. The number of benzene rings is 1. The summed E-state index contributed by atoms with van der Waals surface area (Å²) < 4.78 is 0. The number of nitrogens with two attached hydrogens (primary N) is 1. The molecule has 2 aromatic rings. The first-order chi connectivity index (χ1) is 8.54. The molecule has 0 aliphatic rings. The lowest BCUT2D eigenvalue weighted by Crippen LogP contribution is -2.14. The Kier molecular flexibility index (Phi) is 3.62. The first kappa shape index (κ1) is 12.6. The zero-order chi connectivity index (χ0) is 13.1. The van der Waals surface area contributed by atoms with Gasteiger partial charge in [0.15, 0.2) is 5.13 Å². The van der Waals surface area contributed by atoms with Crippen LogP contribution in [0.25, 0.3) is 0 Å². The summed E-state index contributed by atoms with van der Waals surface area (Å²) in [7, 11) is 0. The second-order valence-electron chi connectivity index (χ2n) is 4.20. The molecule has 5 heteroatoms. The van der Waals surface area contributed by atoms with Gasteiger partial charge in [-0.15, -0.1) is 11.3 Å². The molecule has 1 amide bonds. The van der Waals surface area contributed by atoms with Crippen LogP contribution in [0.2, 0.25) is 0 Å². The van der Waals surface area contributed by atoms with E-state index in [4.69, 9.17) is 5.73 Å². The quantitative estimate of drug-likeness (QED) is 0.892. The van der Waals surface area contributed by atoms with Gasteiger partial charge in [0, 0.05) is 11.1 Å². The van der Waals surface area contributed by atoms with Crippen LogP contribution in [0, 0.1) is 13.8 Å². The first-order valence-electron chi connectivity index (χ1n) is 5.61. The molecule has 0 bridgehead atoms. The van der Waals surface area contributed by atoms with Crippen molar-refractivity contribution in [3.63, 3.8) is 0 Å². The van der Waals surface area contributed by atoms with Crippen LogP contribution < -0.4 is 11.1 Å². The molecule has 3 N–H and O–H groups in total. The molecule has 0 spiro atoms. The number of carbonyl (C=O) groups excluding carboxylic acids is 1. The molecule has 0 atom stereocenters. The molecular formula is C13H15N3OS. The maximum atomic E-state index is 11.8. The Morgan fingerprint density at radius 1 is 1.39 bits per heavy atom. The molecule has 1 aromatic carbocycles. The van der Waals surface area contributed by atoms with Crippen molar-refractivity contribution >= 4 is 28.1 Å². The first-order valence-corrected chi connectivity index (χ1v) is 6.49. The number of thiazole rings is 1. The number of nitrogens with zero attached hydrogens (tertiary/aromatic N) is 1. The number of carbonyl (C=O) groups is 1. The van der Waals surface area contributed by atoms with Crippen molar-refractivity contribution in [2.24, 2.45) is 0 Å². The Hall–Kier alpha value is -1.88. The van der Waals surface area contributed by atoms with Gasteiger partial charge in [0.1, 0.15) is 0 Å². The van der Waals surface area contributed by atoms with Crippen molar-refractivity contribution in [3.8, 4) is 0 Å². The fourth-order valence-corrected chi connectivity index (χ4v) is 2.16. The standard InChI is InChI=1S/C13H15N3OS/c1-8-3-4-10(5-9(8)2)15-12(17)6-11-7-18-13(14)16-11/h3-5,7H,6H2,1-2H3,(H2,14,16)(H,15,17). The minimum atomic E-state index is -0.0800. The molecule has 0 unspecified atom stereocenters. The Bertz CT molecular complexity index is 577. The number of nitrogens with one attached hydrogen (secondary N) is 1. The van der Waals surface area contributed by atoms with Crippen molar-refractivity contribution in [3.05, 3.63) is 40.4 Å². The van der Waals surface area contributed by atoms with E-state index in [0.717, 1.165) is 11.3 Å². The molecule has 0 aliphatic carbocycles. The third-order valence-electron chi connectivity index (χ3n) is 2.70. The van der Waals surface area contributed by atoms with Gasteiger partial charge in [-0.1, -0.05) is 6.07 Å².